The molecule has 0 aliphatic carbocycles. The monoisotopic (exact) mass is 410 g/mol. The summed E-state index contributed by atoms with van der Waals surface area (Å²) in [4.78, 5) is 0. The van der Waals surface area contributed by atoms with Gasteiger partial charge in [-0.3, -0.25) is 0 Å². The van der Waals surface area contributed by atoms with E-state index in [-0.39, 0.29) is 0 Å². The molecule has 5 atom stereocenters. The van der Waals surface area contributed by atoms with E-state index in [2.05, 4.69) is 74.0 Å². The van der Waals surface area contributed by atoms with Crippen LogP contribution < -0.4 is 22.2 Å². The van der Waals surface area contributed by atoms with E-state index >= 15 is 0 Å². The van der Waals surface area contributed by atoms with Gasteiger partial charge >= 0.3 is 139 Å². The number of fused-ring (bicyclic) bond motifs is 6. The first-order valence-corrected chi connectivity index (χ1v) is 13.5. The summed E-state index contributed by atoms with van der Waals surface area (Å²) < 4.78 is 8.18. The van der Waals surface area contributed by atoms with E-state index in [4.69, 9.17) is 0 Å². The van der Waals surface area contributed by atoms with Crippen LogP contribution in [0, 0.1) is 0 Å². The molecule has 0 amide bonds. The van der Waals surface area contributed by atoms with Crippen LogP contribution in [0.2, 0.25) is 0 Å². The van der Waals surface area contributed by atoms with Gasteiger partial charge in [0, 0.05) is 0 Å². The zero-order chi connectivity index (χ0) is 15.5. The van der Waals surface area contributed by atoms with E-state index in [1.807, 2.05) is 0 Å². The van der Waals surface area contributed by atoms with Crippen molar-refractivity contribution in [2.24, 2.45) is 0 Å². The Hall–Kier alpha value is -0.650. The van der Waals surface area contributed by atoms with Gasteiger partial charge in [-0.2, -0.15) is 0 Å². The molecule has 1 saturated heterocycles. The number of nitrogens with zero attached hydrogens (tertiary/aromatic N) is 1. The summed E-state index contributed by atoms with van der Waals surface area (Å²) >= 11 is -1.94. The second kappa shape index (κ2) is 4.92. The summed E-state index contributed by atoms with van der Waals surface area (Å²) in [7, 11) is 2.47. The summed E-state index contributed by atoms with van der Waals surface area (Å²) in [5, 5.41) is 0. The number of hydrogen-bond donors (Lipinski definition) is 1. The van der Waals surface area contributed by atoms with Crippen molar-refractivity contribution in [3.63, 3.8) is 0 Å². The van der Waals surface area contributed by atoms with Gasteiger partial charge in [0.1, 0.15) is 0 Å². The van der Waals surface area contributed by atoms with Gasteiger partial charge < -0.3 is 0 Å². The first kappa shape index (κ1) is 14.9. The predicted molar refractivity (Wildman–Crippen MR) is 89.0 cm³/mol. The Labute approximate surface area is 138 Å². The fraction of sp³-hybridized carbons (Fsp3) is 0.474. The molecule has 2 nitrogen and oxygen atoms in total. The molecule has 3 aliphatic rings. The minimum absolute atomic E-state index is 0.512. The van der Waals surface area contributed by atoms with Crippen LogP contribution in [-0.4, -0.2) is 26.6 Å². The summed E-state index contributed by atoms with van der Waals surface area (Å²) in [6.07, 6.45) is 7.33. The van der Waals surface area contributed by atoms with Crippen LogP contribution in [0.5, 0.6) is 0 Å². The SMILES string of the molecule is CCN[I-]1(CC)C2c3ccccc3C3C=C(C)C=C[N+]3(C)C21. The number of hydrogen-bond acceptors (Lipinski definition) is 1. The van der Waals surface area contributed by atoms with Gasteiger partial charge in [-0.25, -0.2) is 0 Å². The number of allylic oxidation sites excluding steroid dienone is 2. The number of quaternary nitrogens is 1. The Morgan fingerprint density at radius 3 is 2.59 bits per heavy atom. The molecule has 3 heteroatoms. The summed E-state index contributed by atoms with van der Waals surface area (Å²) in [5.41, 5.74) is 4.64. The molecule has 3 aliphatic heterocycles. The first-order chi connectivity index (χ1) is 10.6. The van der Waals surface area contributed by atoms with E-state index in [0.717, 1.165) is 19.0 Å². The Kier molecular flexibility index (Phi) is 3.34. The number of benzene rings is 1. The molecule has 5 unspecified atom stereocenters. The van der Waals surface area contributed by atoms with E-state index in [9.17, 15) is 0 Å². The first-order valence-electron chi connectivity index (χ1n) is 8.36. The van der Waals surface area contributed by atoms with Gasteiger partial charge in [0.15, 0.2) is 0 Å². The maximum absolute atomic E-state index is 4.04. The van der Waals surface area contributed by atoms with E-state index in [1.54, 1.807) is 11.1 Å². The molecule has 3 heterocycles. The average Bonchev–Trinajstić information content (AvgIpc) is 3.20. The summed E-state index contributed by atoms with van der Waals surface area (Å²) in [6, 6.07) is 9.77. The third-order valence-electron chi connectivity index (χ3n) is 5.64. The van der Waals surface area contributed by atoms with E-state index in [0.29, 0.717) is 6.04 Å². The second-order valence-electron chi connectivity index (χ2n) is 6.84. The third kappa shape index (κ3) is 1.73. The van der Waals surface area contributed by atoms with Crippen molar-refractivity contribution in [1.29, 1.82) is 0 Å². The average molecular weight is 410 g/mol. The Bertz CT molecular complexity index is 680. The van der Waals surface area contributed by atoms with Crippen molar-refractivity contribution in [1.82, 2.24) is 3.53 Å². The van der Waals surface area contributed by atoms with Crippen LogP contribution in [-0.2, 0) is 0 Å². The number of nitrogens with one attached hydrogen (secondary N) is 1. The molecule has 120 valence electrons. The Balaban J connectivity index is 1.92. The molecule has 0 radical (unpaired) electrons. The normalized spacial score (nSPS) is 44.2. The molecular formula is C19H27IN2. The second-order valence-corrected chi connectivity index (χ2v) is 16.2. The minimum atomic E-state index is -1.94. The van der Waals surface area contributed by atoms with Gasteiger partial charge in [-0.1, -0.05) is 0 Å². The third-order valence-corrected chi connectivity index (χ3v) is 17.5. The van der Waals surface area contributed by atoms with Gasteiger partial charge in [-0.15, -0.1) is 0 Å². The molecule has 0 saturated carbocycles. The summed E-state index contributed by atoms with van der Waals surface area (Å²) in [5.74, 6) is 0. The van der Waals surface area contributed by atoms with Crippen molar-refractivity contribution >= 4 is 0 Å². The van der Waals surface area contributed by atoms with Gasteiger partial charge in [0.05, 0.1) is 0 Å². The van der Waals surface area contributed by atoms with Gasteiger partial charge in [0.25, 0.3) is 0 Å². The van der Waals surface area contributed by atoms with Crippen LogP contribution in [0.25, 0.3) is 0 Å². The van der Waals surface area contributed by atoms with Crippen LogP contribution >= 0.6 is 0 Å². The zero-order valence-corrected chi connectivity index (χ0v) is 16.2. The molecule has 4 rings (SSSR count). The van der Waals surface area contributed by atoms with Crippen molar-refractivity contribution < 1.29 is 23.2 Å². The van der Waals surface area contributed by atoms with Gasteiger partial charge in [0.2, 0.25) is 0 Å². The van der Waals surface area contributed by atoms with Crippen LogP contribution in [0.3, 0.4) is 0 Å². The quantitative estimate of drug-likeness (QED) is 0.255. The molecule has 1 fully saturated rings. The van der Waals surface area contributed by atoms with Crippen LogP contribution in [0.15, 0.2) is 48.2 Å². The summed E-state index contributed by atoms with van der Waals surface area (Å²) in [6.45, 7) is 8.07. The van der Waals surface area contributed by atoms with Crippen molar-refractivity contribution in [3.05, 3.63) is 59.3 Å². The molecule has 1 aromatic rings. The van der Waals surface area contributed by atoms with Gasteiger partial charge in [-0.05, 0) is 0 Å². The van der Waals surface area contributed by atoms with Crippen molar-refractivity contribution in [3.8, 4) is 0 Å². The van der Waals surface area contributed by atoms with Crippen LogP contribution in [0.1, 0.15) is 41.9 Å². The molecular weight excluding hydrogens is 383 g/mol. The van der Waals surface area contributed by atoms with Crippen molar-refractivity contribution in [2.45, 2.75) is 34.8 Å². The number of halogens is 1. The standard InChI is InChI=1S/C19H27IN2/c1-5-20(21-6-2)18-16-10-8-7-9-15(16)17-13-14(3)11-12-22(17,4)19(18)20/h7-13,17-19,21H,5-6H2,1-4H3. The zero-order valence-electron chi connectivity index (χ0n) is 14.0. The molecule has 22 heavy (non-hydrogen) atoms. The number of likely N-dealkylation sites (N-methyl/N-ethyl adjacent to an activating group) is 1. The van der Waals surface area contributed by atoms with Crippen LogP contribution in [0.4, 0.5) is 0 Å². The molecule has 1 N–H and O–H groups in total. The number of rotatable bonds is 3. The van der Waals surface area contributed by atoms with E-state index in [1.165, 1.54) is 10.0 Å². The molecule has 0 spiro atoms. The van der Waals surface area contributed by atoms with E-state index < -0.39 is 18.7 Å². The fourth-order valence-corrected chi connectivity index (χ4v) is 18.8. The molecule has 0 aromatic heterocycles. The fourth-order valence-electron chi connectivity index (χ4n) is 4.64. The van der Waals surface area contributed by atoms with Crippen molar-refractivity contribution in [2.75, 3.05) is 18.0 Å². The maximum atomic E-state index is 4.04. The Morgan fingerprint density at radius 1 is 1.18 bits per heavy atom. The Morgan fingerprint density at radius 2 is 1.91 bits per heavy atom. The number of alkyl halides is 3. The predicted octanol–water partition coefficient (Wildman–Crippen LogP) is 0.747. The molecule has 1 aromatic carbocycles. The molecule has 0 bridgehead atoms. The topological polar surface area (TPSA) is 12.0 Å².